The van der Waals surface area contributed by atoms with E-state index in [-0.39, 0.29) is 0 Å². The number of carboxylic acid groups (broad SMARTS) is 1. The first-order valence-corrected chi connectivity index (χ1v) is 8.31. The Labute approximate surface area is 150 Å². The van der Waals surface area contributed by atoms with E-state index in [0.717, 1.165) is 36.8 Å². The Morgan fingerprint density at radius 3 is 2.31 bits per heavy atom. The van der Waals surface area contributed by atoms with Crippen molar-refractivity contribution in [3.63, 3.8) is 0 Å². The Bertz CT molecular complexity index is 588. The number of carboxylic acids is 1. The number of nitrogens with two attached hydrogens (primary N) is 1. The van der Waals surface area contributed by atoms with Gasteiger partial charge in [0.05, 0.1) is 0 Å². The number of aryl methyl sites for hydroxylation is 1. The van der Waals surface area contributed by atoms with Crippen molar-refractivity contribution < 1.29 is 23.1 Å². The third-order valence-electron chi connectivity index (χ3n) is 3.98. The molecule has 2 rings (SSSR count). The summed E-state index contributed by atoms with van der Waals surface area (Å²) in [5.74, 6) is -0.376. The predicted molar refractivity (Wildman–Crippen MR) is 93.2 cm³/mol. The smallest absolute Gasteiger partial charge is 0.475 e. The second-order valence-corrected chi connectivity index (χ2v) is 6.55. The molecule has 10 heteroatoms. The van der Waals surface area contributed by atoms with Crippen LogP contribution in [0.2, 0.25) is 0 Å². The van der Waals surface area contributed by atoms with Gasteiger partial charge in [0.1, 0.15) is 5.82 Å². The van der Waals surface area contributed by atoms with Gasteiger partial charge in [0, 0.05) is 38.4 Å². The van der Waals surface area contributed by atoms with E-state index in [2.05, 4.69) is 15.3 Å². The largest absolute Gasteiger partial charge is 0.490 e. The van der Waals surface area contributed by atoms with E-state index >= 15 is 0 Å². The van der Waals surface area contributed by atoms with Gasteiger partial charge in [0.15, 0.2) is 0 Å². The second kappa shape index (κ2) is 9.56. The van der Waals surface area contributed by atoms with Gasteiger partial charge in [-0.2, -0.15) is 18.2 Å². The number of aromatic nitrogens is 2. The molecule has 26 heavy (non-hydrogen) atoms. The molecule has 7 nitrogen and oxygen atoms in total. The summed E-state index contributed by atoms with van der Waals surface area (Å²) < 4.78 is 31.7. The van der Waals surface area contributed by atoms with E-state index < -0.39 is 12.1 Å². The minimum absolute atomic E-state index is 0.409. The molecule has 0 bridgehead atoms. The fourth-order valence-corrected chi connectivity index (χ4v) is 2.49. The highest BCUT2D eigenvalue weighted by molar-refractivity contribution is 5.73. The van der Waals surface area contributed by atoms with Crippen LogP contribution < -0.4 is 16.0 Å². The maximum absolute atomic E-state index is 10.6. The molecular weight excluding hydrogens is 351 g/mol. The summed E-state index contributed by atoms with van der Waals surface area (Å²) >= 11 is 0. The minimum atomic E-state index is -5.08. The Morgan fingerprint density at radius 2 is 1.85 bits per heavy atom. The number of carbonyl (C=O) groups is 1. The normalized spacial score (nSPS) is 20.0. The van der Waals surface area contributed by atoms with E-state index in [9.17, 15) is 13.2 Å². The number of halogens is 3. The second-order valence-electron chi connectivity index (χ2n) is 6.55. The SMILES string of the molecule is Cc1cc(N(C)C)nc(NC[C@H]2CC[C@@H](N)CC2)n1.O=C(O)C(F)(F)F. The lowest BCUT2D eigenvalue weighted by molar-refractivity contribution is -0.192. The van der Waals surface area contributed by atoms with Crippen LogP contribution in [-0.2, 0) is 4.79 Å². The highest BCUT2D eigenvalue weighted by atomic mass is 19.4. The lowest BCUT2D eigenvalue weighted by Gasteiger charge is -2.26. The van der Waals surface area contributed by atoms with E-state index in [1.165, 1.54) is 12.8 Å². The summed E-state index contributed by atoms with van der Waals surface area (Å²) in [6.45, 7) is 2.95. The summed E-state index contributed by atoms with van der Waals surface area (Å²) in [6, 6.07) is 2.40. The fourth-order valence-electron chi connectivity index (χ4n) is 2.49. The zero-order valence-electron chi connectivity index (χ0n) is 15.2. The van der Waals surface area contributed by atoms with Crippen molar-refractivity contribution in [2.75, 3.05) is 30.9 Å². The number of anilines is 2. The van der Waals surface area contributed by atoms with Crippen LogP contribution in [0.25, 0.3) is 0 Å². The van der Waals surface area contributed by atoms with Crippen LogP contribution in [0.5, 0.6) is 0 Å². The summed E-state index contributed by atoms with van der Waals surface area (Å²) in [5.41, 5.74) is 6.92. The summed E-state index contributed by atoms with van der Waals surface area (Å²) in [4.78, 5) is 19.8. The van der Waals surface area contributed by atoms with Crippen LogP contribution in [0.1, 0.15) is 31.4 Å². The minimum Gasteiger partial charge on any atom is -0.475 e. The maximum atomic E-state index is 10.6. The molecule has 0 atom stereocenters. The van der Waals surface area contributed by atoms with Crippen molar-refractivity contribution in [2.24, 2.45) is 11.7 Å². The van der Waals surface area contributed by atoms with E-state index in [1.54, 1.807) is 0 Å². The van der Waals surface area contributed by atoms with Crippen molar-refractivity contribution in [1.82, 2.24) is 9.97 Å². The van der Waals surface area contributed by atoms with Gasteiger partial charge in [-0.25, -0.2) is 9.78 Å². The highest BCUT2D eigenvalue weighted by Gasteiger charge is 2.38. The molecule has 0 aliphatic heterocycles. The highest BCUT2D eigenvalue weighted by Crippen LogP contribution is 2.23. The number of rotatable bonds is 4. The number of hydrogen-bond acceptors (Lipinski definition) is 6. The van der Waals surface area contributed by atoms with Gasteiger partial charge in [-0.05, 0) is 38.5 Å². The van der Waals surface area contributed by atoms with Crippen LogP contribution in [-0.4, -0.2) is 53.9 Å². The van der Waals surface area contributed by atoms with Crippen molar-refractivity contribution in [3.05, 3.63) is 11.8 Å². The third kappa shape index (κ3) is 7.85. The van der Waals surface area contributed by atoms with Gasteiger partial charge >= 0.3 is 12.1 Å². The molecule has 4 N–H and O–H groups in total. The molecule has 1 heterocycles. The van der Waals surface area contributed by atoms with Crippen LogP contribution in [0.3, 0.4) is 0 Å². The quantitative estimate of drug-likeness (QED) is 0.740. The topological polar surface area (TPSA) is 104 Å². The predicted octanol–water partition coefficient (Wildman–Crippen LogP) is 2.41. The average Bonchev–Trinajstić information content (AvgIpc) is 2.53. The van der Waals surface area contributed by atoms with Crippen LogP contribution >= 0.6 is 0 Å². The summed E-state index contributed by atoms with van der Waals surface area (Å²) in [7, 11) is 3.99. The fraction of sp³-hybridized carbons (Fsp3) is 0.688. The summed E-state index contributed by atoms with van der Waals surface area (Å²) in [5, 5.41) is 10.5. The van der Waals surface area contributed by atoms with E-state index in [0.29, 0.717) is 12.0 Å². The number of nitrogens with zero attached hydrogens (tertiary/aromatic N) is 3. The summed E-state index contributed by atoms with van der Waals surface area (Å²) in [6.07, 6.45) is -0.380. The standard InChI is InChI=1S/C14H25N5.C2HF3O2/c1-10-8-13(19(2)3)18-14(17-10)16-9-11-4-6-12(15)7-5-11;3-2(4,5)1(6)7/h8,11-12H,4-7,9,15H2,1-3H3,(H,16,17,18);(H,6,7)/t11-,12+;. The molecule has 1 aromatic heterocycles. The molecular formula is C16H26F3N5O2. The van der Waals surface area contributed by atoms with Crippen LogP contribution in [0, 0.1) is 12.8 Å². The first-order valence-electron chi connectivity index (χ1n) is 8.31. The molecule has 1 aromatic rings. The van der Waals surface area contributed by atoms with Crippen LogP contribution in [0.15, 0.2) is 6.07 Å². The molecule has 1 aliphatic rings. The Morgan fingerprint density at radius 1 is 1.31 bits per heavy atom. The molecule has 0 saturated heterocycles. The van der Waals surface area contributed by atoms with Gasteiger partial charge < -0.3 is 21.1 Å². The molecule has 1 fully saturated rings. The molecule has 0 aromatic carbocycles. The number of nitrogens with one attached hydrogen (secondary N) is 1. The molecule has 0 spiro atoms. The van der Waals surface area contributed by atoms with Crippen molar-refractivity contribution in [1.29, 1.82) is 0 Å². The lowest BCUT2D eigenvalue weighted by atomic mass is 9.86. The van der Waals surface area contributed by atoms with Crippen molar-refractivity contribution in [3.8, 4) is 0 Å². The van der Waals surface area contributed by atoms with Gasteiger partial charge in [0.25, 0.3) is 0 Å². The van der Waals surface area contributed by atoms with Gasteiger partial charge in [-0.3, -0.25) is 0 Å². The molecule has 148 valence electrons. The monoisotopic (exact) mass is 377 g/mol. The number of aliphatic carboxylic acids is 1. The molecule has 1 saturated carbocycles. The number of hydrogen-bond donors (Lipinski definition) is 3. The number of alkyl halides is 3. The Kier molecular flexibility index (Phi) is 8.07. The van der Waals surface area contributed by atoms with Crippen molar-refractivity contribution in [2.45, 2.75) is 44.8 Å². The zero-order chi connectivity index (χ0) is 19.9. The van der Waals surface area contributed by atoms with Gasteiger partial charge in [-0.1, -0.05) is 0 Å². The molecule has 0 radical (unpaired) electrons. The zero-order valence-corrected chi connectivity index (χ0v) is 15.2. The van der Waals surface area contributed by atoms with Gasteiger partial charge in [-0.15, -0.1) is 0 Å². The third-order valence-corrected chi connectivity index (χ3v) is 3.98. The Hall–Kier alpha value is -2.10. The average molecular weight is 377 g/mol. The molecule has 0 amide bonds. The first kappa shape index (κ1) is 21.9. The van der Waals surface area contributed by atoms with Gasteiger partial charge in [0.2, 0.25) is 5.95 Å². The van der Waals surface area contributed by atoms with Crippen LogP contribution in [0.4, 0.5) is 24.9 Å². The lowest BCUT2D eigenvalue weighted by Crippen LogP contribution is -2.29. The molecule has 0 unspecified atom stereocenters. The van der Waals surface area contributed by atoms with E-state index in [1.807, 2.05) is 32.0 Å². The Balaban J connectivity index is 0.000000412. The maximum Gasteiger partial charge on any atom is 0.490 e. The first-order chi connectivity index (χ1) is 12.0. The molecule has 1 aliphatic carbocycles. The van der Waals surface area contributed by atoms with Crippen molar-refractivity contribution >= 4 is 17.7 Å². The van der Waals surface area contributed by atoms with E-state index in [4.69, 9.17) is 15.6 Å².